The molecule has 0 atom stereocenters. The monoisotopic (exact) mass is 320 g/mol. The maximum atomic E-state index is 5.97. The third kappa shape index (κ3) is 4.86. The minimum Gasteiger partial charge on any atom is -0.385 e. The first-order valence-corrected chi connectivity index (χ1v) is 7.58. The van der Waals surface area contributed by atoms with Crippen LogP contribution in [0.2, 0.25) is 5.02 Å². The molecule has 118 valence electrons. The molecule has 0 saturated carbocycles. The van der Waals surface area contributed by atoms with Crippen molar-refractivity contribution in [2.45, 2.75) is 20.3 Å². The number of aromatic nitrogens is 2. The molecule has 0 unspecified atom stereocenters. The second kappa shape index (κ2) is 7.96. The lowest BCUT2D eigenvalue weighted by atomic mass is 10.2. The first kappa shape index (κ1) is 16.5. The lowest BCUT2D eigenvalue weighted by Gasteiger charge is -2.11. The minimum absolute atomic E-state index is 0.569. The number of hydrogen-bond acceptors (Lipinski definition) is 5. The van der Waals surface area contributed by atoms with Crippen molar-refractivity contribution in [1.82, 2.24) is 9.97 Å². The summed E-state index contributed by atoms with van der Waals surface area (Å²) in [6.45, 7) is 5.48. The van der Waals surface area contributed by atoms with E-state index in [2.05, 4.69) is 20.6 Å². The van der Waals surface area contributed by atoms with Gasteiger partial charge in [0.1, 0.15) is 5.82 Å². The van der Waals surface area contributed by atoms with E-state index in [0.29, 0.717) is 11.0 Å². The smallest absolute Gasteiger partial charge is 0.229 e. The van der Waals surface area contributed by atoms with Crippen molar-refractivity contribution in [1.29, 1.82) is 0 Å². The number of halogens is 1. The molecule has 0 aliphatic heterocycles. The fraction of sp³-hybridized carbons (Fsp3) is 0.375. The maximum Gasteiger partial charge on any atom is 0.229 e. The Morgan fingerprint density at radius 3 is 2.73 bits per heavy atom. The molecule has 2 rings (SSSR count). The molecule has 0 saturated heterocycles. The van der Waals surface area contributed by atoms with E-state index in [-0.39, 0.29) is 0 Å². The summed E-state index contributed by atoms with van der Waals surface area (Å²) in [4.78, 5) is 8.90. The van der Waals surface area contributed by atoms with Gasteiger partial charge < -0.3 is 15.4 Å². The average Bonchev–Trinajstić information content (AvgIpc) is 2.46. The van der Waals surface area contributed by atoms with Gasteiger partial charge in [-0.05, 0) is 44.0 Å². The lowest BCUT2D eigenvalue weighted by molar-refractivity contribution is 0.198. The molecule has 0 fully saturated rings. The van der Waals surface area contributed by atoms with E-state index in [0.717, 1.165) is 42.3 Å². The van der Waals surface area contributed by atoms with Crippen LogP contribution in [0.1, 0.15) is 17.7 Å². The Labute approximate surface area is 136 Å². The highest BCUT2D eigenvalue weighted by molar-refractivity contribution is 6.30. The van der Waals surface area contributed by atoms with Crippen LogP contribution in [0.15, 0.2) is 24.3 Å². The van der Waals surface area contributed by atoms with Crippen LogP contribution in [0.25, 0.3) is 0 Å². The van der Waals surface area contributed by atoms with Crippen molar-refractivity contribution in [3.63, 3.8) is 0 Å². The van der Waals surface area contributed by atoms with Gasteiger partial charge in [0, 0.05) is 42.7 Å². The summed E-state index contributed by atoms with van der Waals surface area (Å²) in [5.74, 6) is 1.37. The molecule has 0 amide bonds. The van der Waals surface area contributed by atoms with Crippen molar-refractivity contribution in [3.05, 3.63) is 40.5 Å². The van der Waals surface area contributed by atoms with Gasteiger partial charge in [0.25, 0.3) is 0 Å². The van der Waals surface area contributed by atoms with E-state index < -0.39 is 0 Å². The fourth-order valence-electron chi connectivity index (χ4n) is 2.04. The van der Waals surface area contributed by atoms with Gasteiger partial charge in [0.2, 0.25) is 5.95 Å². The average molecular weight is 321 g/mol. The predicted molar refractivity (Wildman–Crippen MR) is 91.2 cm³/mol. The zero-order chi connectivity index (χ0) is 15.9. The molecule has 0 bridgehead atoms. The van der Waals surface area contributed by atoms with E-state index >= 15 is 0 Å². The van der Waals surface area contributed by atoms with Gasteiger partial charge >= 0.3 is 0 Å². The Hall–Kier alpha value is -1.85. The molecule has 6 heteroatoms. The number of nitrogens with one attached hydrogen (secondary N) is 2. The quantitative estimate of drug-likeness (QED) is 0.757. The van der Waals surface area contributed by atoms with Gasteiger partial charge in [0.05, 0.1) is 0 Å². The highest BCUT2D eigenvalue weighted by Crippen LogP contribution is 2.22. The molecular formula is C16H21ClN4O. The van der Waals surface area contributed by atoms with Crippen LogP contribution in [0.3, 0.4) is 0 Å². The van der Waals surface area contributed by atoms with E-state index in [9.17, 15) is 0 Å². The van der Waals surface area contributed by atoms with E-state index in [1.165, 1.54) is 0 Å². The topological polar surface area (TPSA) is 59.1 Å². The summed E-state index contributed by atoms with van der Waals surface area (Å²) in [6.07, 6.45) is 0.929. The Balaban J connectivity index is 2.08. The van der Waals surface area contributed by atoms with E-state index in [1.54, 1.807) is 7.11 Å². The van der Waals surface area contributed by atoms with Crippen LogP contribution >= 0.6 is 11.6 Å². The third-order valence-electron chi connectivity index (χ3n) is 3.12. The molecular weight excluding hydrogens is 300 g/mol. The van der Waals surface area contributed by atoms with Gasteiger partial charge in [-0.3, -0.25) is 0 Å². The van der Waals surface area contributed by atoms with E-state index in [4.69, 9.17) is 16.3 Å². The lowest BCUT2D eigenvalue weighted by Crippen LogP contribution is -2.08. The molecule has 1 heterocycles. The number of benzene rings is 1. The summed E-state index contributed by atoms with van der Waals surface area (Å²) in [7, 11) is 1.70. The first-order valence-electron chi connectivity index (χ1n) is 7.20. The molecule has 1 aromatic heterocycles. The zero-order valence-corrected chi connectivity index (χ0v) is 13.9. The highest BCUT2D eigenvalue weighted by Gasteiger charge is 2.05. The first-order chi connectivity index (χ1) is 10.6. The van der Waals surface area contributed by atoms with Crippen molar-refractivity contribution >= 4 is 29.1 Å². The number of aryl methyl sites for hydroxylation is 2. The maximum absolute atomic E-state index is 5.97. The largest absolute Gasteiger partial charge is 0.385 e. The third-order valence-corrected chi connectivity index (χ3v) is 3.36. The van der Waals surface area contributed by atoms with Crippen molar-refractivity contribution < 1.29 is 4.74 Å². The number of methoxy groups -OCH3 is 1. The number of ether oxygens (including phenoxy) is 1. The summed E-state index contributed by atoms with van der Waals surface area (Å²) in [6, 6.07) is 7.60. The van der Waals surface area contributed by atoms with Crippen molar-refractivity contribution in [3.8, 4) is 0 Å². The minimum atomic E-state index is 0.569. The van der Waals surface area contributed by atoms with Crippen LogP contribution in [-0.2, 0) is 4.74 Å². The molecule has 5 nitrogen and oxygen atoms in total. The molecule has 1 aromatic carbocycles. The summed E-state index contributed by atoms with van der Waals surface area (Å²) < 4.78 is 5.03. The Kier molecular flexibility index (Phi) is 5.98. The predicted octanol–water partition coefficient (Wildman–Crippen LogP) is 3.94. The highest BCUT2D eigenvalue weighted by atomic mass is 35.5. The molecule has 2 aromatic rings. The van der Waals surface area contributed by atoms with Gasteiger partial charge in [-0.2, -0.15) is 4.98 Å². The molecule has 0 aliphatic rings. The molecule has 2 N–H and O–H groups in total. The molecule has 0 aliphatic carbocycles. The van der Waals surface area contributed by atoms with Gasteiger partial charge in [-0.15, -0.1) is 0 Å². The van der Waals surface area contributed by atoms with Gasteiger partial charge in [0.15, 0.2) is 0 Å². The molecule has 22 heavy (non-hydrogen) atoms. The normalized spacial score (nSPS) is 10.5. The van der Waals surface area contributed by atoms with Crippen molar-refractivity contribution in [2.75, 3.05) is 30.9 Å². The Morgan fingerprint density at radius 1 is 1.18 bits per heavy atom. The van der Waals surface area contributed by atoms with E-state index in [1.807, 2.05) is 38.1 Å². The second-order valence-corrected chi connectivity index (χ2v) is 5.51. The summed E-state index contributed by atoms with van der Waals surface area (Å²) in [5.41, 5.74) is 2.89. The van der Waals surface area contributed by atoms with Crippen LogP contribution < -0.4 is 10.6 Å². The van der Waals surface area contributed by atoms with Crippen LogP contribution in [0.4, 0.5) is 17.5 Å². The Bertz CT molecular complexity index is 634. The van der Waals surface area contributed by atoms with Crippen LogP contribution in [0.5, 0.6) is 0 Å². The summed E-state index contributed by atoms with van der Waals surface area (Å²) in [5, 5.41) is 7.23. The van der Waals surface area contributed by atoms with Gasteiger partial charge in [-0.1, -0.05) is 11.6 Å². The number of anilines is 3. The number of nitrogens with zero attached hydrogens (tertiary/aromatic N) is 2. The van der Waals surface area contributed by atoms with Crippen LogP contribution in [0, 0.1) is 13.8 Å². The van der Waals surface area contributed by atoms with Crippen molar-refractivity contribution in [2.24, 2.45) is 0 Å². The van der Waals surface area contributed by atoms with Gasteiger partial charge in [-0.25, -0.2) is 4.98 Å². The second-order valence-electron chi connectivity index (χ2n) is 5.08. The summed E-state index contributed by atoms with van der Waals surface area (Å²) >= 11 is 5.97. The zero-order valence-electron chi connectivity index (χ0n) is 13.1. The molecule has 0 spiro atoms. The Morgan fingerprint density at radius 2 is 2.00 bits per heavy atom. The number of hydrogen-bond donors (Lipinski definition) is 2. The molecule has 0 radical (unpaired) electrons. The standard InChI is InChI=1S/C16H21ClN4O/c1-11-9-13(17)5-6-14(11)20-16-19-12(2)10-15(21-16)18-7-4-8-22-3/h5-6,9-10H,4,7-8H2,1-3H3,(H2,18,19,20,21). The fourth-order valence-corrected chi connectivity index (χ4v) is 2.26. The van der Waals surface area contributed by atoms with Crippen LogP contribution in [-0.4, -0.2) is 30.2 Å². The number of rotatable bonds is 7. The SMILES string of the molecule is COCCCNc1cc(C)nc(Nc2ccc(Cl)cc2C)n1.